The molecule has 8 heterocycles. The van der Waals surface area contributed by atoms with E-state index < -0.39 is 0 Å². The van der Waals surface area contributed by atoms with Crippen LogP contribution in [0.4, 0.5) is 11.4 Å². The molecule has 2 aliphatic carbocycles. The van der Waals surface area contributed by atoms with E-state index in [1.165, 1.54) is 50.1 Å². The van der Waals surface area contributed by atoms with Gasteiger partial charge in [-0.25, -0.2) is 0 Å². The molecule has 12 atom stereocenters. The average Bonchev–Trinajstić information content (AvgIpc) is 3.80. The summed E-state index contributed by atoms with van der Waals surface area (Å²) in [6, 6.07) is 21.7. The van der Waals surface area contributed by atoms with E-state index in [1.807, 2.05) is 0 Å². The second kappa shape index (κ2) is 7.43. The summed E-state index contributed by atoms with van der Waals surface area (Å²) in [5, 5.41) is 0. The second-order valence-electron chi connectivity index (χ2n) is 15.8. The van der Waals surface area contributed by atoms with Crippen LogP contribution in [0.15, 0.2) is 71.8 Å². The van der Waals surface area contributed by atoms with Gasteiger partial charge in [0.2, 0.25) is 0 Å². The average molecular weight is 571 g/mol. The third kappa shape index (κ3) is 2.28. The van der Waals surface area contributed by atoms with Gasteiger partial charge in [-0.2, -0.15) is 0 Å². The van der Waals surface area contributed by atoms with Crippen LogP contribution in [0, 0.1) is 23.7 Å². The molecule has 2 spiro atoms. The summed E-state index contributed by atoms with van der Waals surface area (Å²) in [6.07, 6.45) is 10.5. The fourth-order valence-corrected chi connectivity index (χ4v) is 14.2. The van der Waals surface area contributed by atoms with E-state index in [0.29, 0.717) is 47.8 Å². The van der Waals surface area contributed by atoms with Crippen LogP contribution in [0.5, 0.6) is 0 Å². The molecule has 0 unspecified atom stereocenters. The van der Waals surface area contributed by atoms with Crippen molar-refractivity contribution in [3.05, 3.63) is 83.0 Å². The highest BCUT2D eigenvalue weighted by Crippen LogP contribution is 2.72. The van der Waals surface area contributed by atoms with Gasteiger partial charge in [-0.3, -0.25) is 9.80 Å². The van der Waals surface area contributed by atoms with Crippen molar-refractivity contribution in [3.8, 4) is 0 Å². The number of rotatable bonds is 0. The number of fused-ring (bicyclic) bond motifs is 14. The van der Waals surface area contributed by atoms with Crippen molar-refractivity contribution < 1.29 is 4.74 Å². The molecule has 0 radical (unpaired) electrons. The van der Waals surface area contributed by atoms with Crippen molar-refractivity contribution in [2.45, 2.75) is 87.0 Å². The minimum Gasteiger partial charge on any atom is -0.341 e. The molecule has 220 valence electrons. The molecule has 6 saturated heterocycles. The highest BCUT2D eigenvalue weighted by atomic mass is 16.5. The first-order valence-electron chi connectivity index (χ1n) is 17.4. The summed E-state index contributed by atoms with van der Waals surface area (Å²) >= 11 is 0. The fourth-order valence-electron chi connectivity index (χ4n) is 14.2. The number of anilines is 2. The van der Waals surface area contributed by atoms with Gasteiger partial charge in [-0.1, -0.05) is 59.7 Å². The normalized spacial score (nSPS) is 50.7. The Labute approximate surface area is 255 Å². The maximum Gasteiger partial charge on any atom is 0.138 e. The molecule has 12 rings (SSSR count). The molecule has 5 heteroatoms. The van der Waals surface area contributed by atoms with Crippen LogP contribution in [-0.4, -0.2) is 72.6 Å². The Bertz CT molecular complexity index is 1560. The zero-order valence-electron chi connectivity index (χ0n) is 25.4. The van der Waals surface area contributed by atoms with E-state index in [2.05, 4.69) is 94.1 Å². The van der Waals surface area contributed by atoms with Gasteiger partial charge >= 0.3 is 0 Å². The van der Waals surface area contributed by atoms with Crippen molar-refractivity contribution in [2.75, 3.05) is 36.0 Å². The minimum absolute atomic E-state index is 0.147. The Kier molecular flexibility index (Phi) is 4.10. The predicted molar refractivity (Wildman–Crippen MR) is 168 cm³/mol. The lowest BCUT2D eigenvalue weighted by Crippen LogP contribution is -2.81. The van der Waals surface area contributed by atoms with Crippen molar-refractivity contribution in [1.29, 1.82) is 0 Å². The summed E-state index contributed by atoms with van der Waals surface area (Å²) in [5.74, 6) is 2.16. The molecular formula is C38H42N4O. The molecule has 10 aliphatic rings. The Balaban J connectivity index is 1.16. The minimum atomic E-state index is 0.147. The van der Waals surface area contributed by atoms with Crippen LogP contribution in [0.1, 0.15) is 50.7 Å². The fraction of sp³-hybridized carbons (Fsp3) is 0.579. The smallest absolute Gasteiger partial charge is 0.138 e. The van der Waals surface area contributed by atoms with Crippen LogP contribution in [0.2, 0.25) is 0 Å². The van der Waals surface area contributed by atoms with Crippen molar-refractivity contribution in [2.24, 2.45) is 23.7 Å². The summed E-state index contributed by atoms with van der Waals surface area (Å²) in [5.41, 5.74) is 10.2. The van der Waals surface area contributed by atoms with Gasteiger partial charge in [-0.05, 0) is 87.7 Å². The second-order valence-corrected chi connectivity index (χ2v) is 15.8. The number of nitrogens with zero attached hydrogens (tertiary/aromatic N) is 4. The molecule has 2 aromatic carbocycles. The molecule has 43 heavy (non-hydrogen) atoms. The lowest BCUT2D eigenvalue weighted by atomic mass is 9.51. The van der Waals surface area contributed by atoms with E-state index in [9.17, 15) is 0 Å². The highest BCUT2D eigenvalue weighted by Gasteiger charge is 2.78. The predicted octanol–water partition coefficient (Wildman–Crippen LogP) is 5.28. The number of hydrogen-bond acceptors (Lipinski definition) is 5. The molecule has 5 nitrogen and oxygen atoms in total. The van der Waals surface area contributed by atoms with Gasteiger partial charge in [0.25, 0.3) is 0 Å². The van der Waals surface area contributed by atoms with Crippen molar-refractivity contribution in [1.82, 2.24) is 9.80 Å². The molecule has 6 bridgehead atoms. The summed E-state index contributed by atoms with van der Waals surface area (Å²) < 4.78 is 7.78. The topological polar surface area (TPSA) is 22.2 Å². The lowest BCUT2D eigenvalue weighted by Gasteiger charge is -2.69. The van der Waals surface area contributed by atoms with E-state index in [1.54, 1.807) is 22.3 Å². The summed E-state index contributed by atoms with van der Waals surface area (Å²) in [4.78, 5) is 11.7. The summed E-state index contributed by atoms with van der Waals surface area (Å²) in [6.45, 7) is 9.41. The Morgan fingerprint density at radius 2 is 1.14 bits per heavy atom. The number of hydrogen-bond donors (Lipinski definition) is 0. The largest absolute Gasteiger partial charge is 0.341 e. The van der Waals surface area contributed by atoms with Gasteiger partial charge in [0.15, 0.2) is 0 Å². The molecule has 0 aromatic heterocycles. The third-order valence-corrected chi connectivity index (χ3v) is 15.3. The number of allylic oxidation sites excluding steroid dienone is 2. The molecule has 8 fully saturated rings. The number of benzene rings is 2. The van der Waals surface area contributed by atoms with Gasteiger partial charge in [0, 0.05) is 59.2 Å². The standard InChI is InChI=1S/C38H42N4O/c1-3-21-19-39-15-13-37-25-9-5-7-11-27(25)41-33(37)31(23(21)17-29(37)39)35-42-28-12-8-6-10-26(28)38-14-16-40-20-22(4-2)24(18-30(38)40)32(34(38)42)36(41)43-35/h3-12,23-24,29-36H,13-20H2,1-2H3/b21-3-,22-4?/t23-,24-,29-,30-,31-,32-,33-,34-,35+,36+,37+,38+/m0/s1. The summed E-state index contributed by atoms with van der Waals surface area (Å²) in [7, 11) is 0. The molecule has 0 amide bonds. The zero-order valence-corrected chi connectivity index (χ0v) is 25.4. The van der Waals surface area contributed by atoms with Gasteiger partial charge < -0.3 is 14.5 Å². The first kappa shape index (κ1) is 23.7. The van der Waals surface area contributed by atoms with E-state index >= 15 is 0 Å². The molecule has 0 N–H and O–H groups in total. The third-order valence-electron chi connectivity index (χ3n) is 15.3. The monoisotopic (exact) mass is 570 g/mol. The van der Waals surface area contributed by atoms with E-state index in [0.717, 1.165) is 13.1 Å². The molecule has 2 saturated carbocycles. The van der Waals surface area contributed by atoms with Crippen LogP contribution in [0.3, 0.4) is 0 Å². The lowest BCUT2D eigenvalue weighted by molar-refractivity contribution is -0.198. The van der Waals surface area contributed by atoms with Crippen LogP contribution in [0.25, 0.3) is 0 Å². The van der Waals surface area contributed by atoms with Gasteiger partial charge in [0.1, 0.15) is 12.5 Å². The highest BCUT2D eigenvalue weighted by molar-refractivity contribution is 5.73. The molecule has 2 aromatic rings. The molecular weight excluding hydrogens is 528 g/mol. The number of para-hydroxylation sites is 2. The quantitative estimate of drug-likeness (QED) is 0.401. The Hall–Kier alpha value is -2.60. The van der Waals surface area contributed by atoms with Crippen LogP contribution >= 0.6 is 0 Å². The molecule has 8 aliphatic heterocycles. The Morgan fingerprint density at radius 3 is 1.60 bits per heavy atom. The maximum absolute atomic E-state index is 7.78. The maximum atomic E-state index is 7.78. The first-order chi connectivity index (χ1) is 21.2. The Morgan fingerprint density at radius 1 is 0.674 bits per heavy atom. The van der Waals surface area contributed by atoms with Crippen LogP contribution in [-0.2, 0) is 15.6 Å². The van der Waals surface area contributed by atoms with Gasteiger partial charge in [0.05, 0.1) is 12.1 Å². The number of ether oxygens (including phenoxy) is 1. The van der Waals surface area contributed by atoms with E-state index in [-0.39, 0.29) is 23.3 Å². The van der Waals surface area contributed by atoms with Crippen molar-refractivity contribution in [3.63, 3.8) is 0 Å². The van der Waals surface area contributed by atoms with Crippen LogP contribution < -0.4 is 9.80 Å². The SMILES string of the molecule is CC=C1CN2CC[C@]34c5ccccc5N5[C@@H]6O[C@H]([C@H]([C@H]53)[C@H]1C[C@H]24)N1c2ccccc2[C@]23CCN4C/C(=C/C)[C@H](C[C@H]42)[C@H]6[C@H]13. The first-order valence-corrected chi connectivity index (χ1v) is 17.4. The number of piperidine rings is 2. The zero-order chi connectivity index (χ0) is 28.0. The van der Waals surface area contributed by atoms with Gasteiger partial charge in [-0.15, -0.1) is 0 Å². The van der Waals surface area contributed by atoms with Crippen molar-refractivity contribution >= 4 is 11.4 Å². The van der Waals surface area contributed by atoms with E-state index in [4.69, 9.17) is 4.74 Å².